The summed E-state index contributed by atoms with van der Waals surface area (Å²) in [5.74, 6) is -1.61. The summed E-state index contributed by atoms with van der Waals surface area (Å²) in [7, 11) is 0. The van der Waals surface area contributed by atoms with Crippen molar-refractivity contribution < 1.29 is 15.4 Å². The molecule has 1 N–H and O–H groups in total. The van der Waals surface area contributed by atoms with Gasteiger partial charge in [-0.05, 0) is 6.37 Å². The van der Waals surface area contributed by atoms with E-state index in [1.807, 2.05) is 0 Å². The number of nitrogens with zero attached hydrogens (tertiary/aromatic N) is 2. The van der Waals surface area contributed by atoms with Crippen molar-refractivity contribution in [3.05, 3.63) is 4.91 Å². The van der Waals surface area contributed by atoms with Gasteiger partial charge in [-0.15, -0.1) is 4.91 Å². The summed E-state index contributed by atoms with van der Waals surface area (Å²) in [6.45, 7) is -2.65. The highest BCUT2D eigenvalue weighted by atomic mass is 16.4. The molecule has 1 aliphatic rings. The lowest BCUT2D eigenvalue weighted by atomic mass is 10.1. The molecule has 5 nitrogen and oxygen atoms in total. The van der Waals surface area contributed by atoms with Gasteiger partial charge in [0.1, 0.15) is 6.04 Å². The van der Waals surface area contributed by atoms with E-state index in [1.165, 1.54) is 0 Å². The lowest BCUT2D eigenvalue weighted by Crippen LogP contribution is -2.48. The molecule has 1 rings (SSSR count). The summed E-state index contributed by atoms with van der Waals surface area (Å²) >= 11 is 0. The summed E-state index contributed by atoms with van der Waals surface area (Å²) in [5.41, 5.74) is 0. The van der Waals surface area contributed by atoms with Gasteiger partial charge in [-0.25, -0.2) is 9.80 Å². The number of carbonyl (C=O) groups is 1. The van der Waals surface area contributed by atoms with E-state index in [0.29, 0.717) is 0 Å². The fourth-order valence-corrected chi connectivity index (χ4v) is 0.421. The predicted octanol–water partition coefficient (Wildman–Crippen LogP) is -0.173. The van der Waals surface area contributed by atoms with Crippen LogP contribution in [0.15, 0.2) is 5.29 Å². The molecule has 0 aromatic heterocycles. The number of hydrogen-bond acceptors (Lipinski definition) is 3. The summed E-state index contributed by atoms with van der Waals surface area (Å²) in [4.78, 5) is 20.4. The molecule has 1 aliphatic heterocycles. The first-order valence-corrected chi connectivity index (χ1v) is 2.12. The SMILES string of the molecule is [2H]C1([2H])[C@H](C(=O)O)N(N=O)C1([2H])[2H]. The molecule has 0 unspecified atom stereocenters. The molecule has 1 saturated heterocycles. The van der Waals surface area contributed by atoms with Gasteiger partial charge >= 0.3 is 5.97 Å². The third-order valence-corrected chi connectivity index (χ3v) is 0.882. The van der Waals surface area contributed by atoms with Crippen LogP contribution in [-0.4, -0.2) is 28.6 Å². The molecule has 1 heterocycles. The molecular formula is C4H6N2O3. The van der Waals surface area contributed by atoms with Crippen LogP contribution in [0.4, 0.5) is 0 Å². The Morgan fingerprint density at radius 3 is 3.00 bits per heavy atom. The van der Waals surface area contributed by atoms with Crippen LogP contribution in [0.1, 0.15) is 11.9 Å². The minimum atomic E-state index is -2.65. The first-order valence-electron chi connectivity index (χ1n) is 4.12. The quantitative estimate of drug-likeness (QED) is 0.532. The predicted molar refractivity (Wildman–Crippen MR) is 28.5 cm³/mol. The van der Waals surface area contributed by atoms with Gasteiger partial charge in [0, 0.05) is 9.24 Å². The van der Waals surface area contributed by atoms with Crippen molar-refractivity contribution in [3.8, 4) is 0 Å². The van der Waals surface area contributed by atoms with Crippen molar-refractivity contribution >= 4 is 5.97 Å². The maximum Gasteiger partial charge on any atom is 0.328 e. The molecule has 50 valence electrons. The Morgan fingerprint density at radius 2 is 2.67 bits per heavy atom. The Bertz CT molecular complexity index is 268. The number of rotatable bonds is 2. The fourth-order valence-electron chi connectivity index (χ4n) is 0.421. The summed E-state index contributed by atoms with van der Waals surface area (Å²) < 4.78 is 28.1. The highest BCUT2D eigenvalue weighted by Gasteiger charge is 2.34. The smallest absolute Gasteiger partial charge is 0.328 e. The van der Waals surface area contributed by atoms with Crippen molar-refractivity contribution in [3.63, 3.8) is 0 Å². The first-order chi connectivity index (χ1) is 5.76. The second-order valence-electron chi connectivity index (χ2n) is 1.42. The van der Waals surface area contributed by atoms with Gasteiger partial charge in [-0.2, -0.15) is 0 Å². The fraction of sp³-hybridized carbons (Fsp3) is 0.750. The zero-order chi connectivity index (χ0) is 10.4. The third-order valence-electron chi connectivity index (χ3n) is 0.882. The van der Waals surface area contributed by atoms with Crippen LogP contribution in [0.2, 0.25) is 0 Å². The van der Waals surface area contributed by atoms with E-state index >= 15 is 0 Å². The van der Waals surface area contributed by atoms with Crippen LogP contribution in [0.3, 0.4) is 0 Å². The van der Waals surface area contributed by atoms with Crippen LogP contribution >= 0.6 is 0 Å². The van der Waals surface area contributed by atoms with Crippen LogP contribution in [-0.2, 0) is 4.79 Å². The van der Waals surface area contributed by atoms with E-state index in [2.05, 4.69) is 5.29 Å². The molecule has 1 atom stereocenters. The van der Waals surface area contributed by atoms with E-state index in [1.54, 1.807) is 0 Å². The van der Waals surface area contributed by atoms with Gasteiger partial charge in [0.25, 0.3) is 0 Å². The molecule has 0 radical (unpaired) electrons. The minimum absolute atomic E-state index is 0.0648. The van der Waals surface area contributed by atoms with Gasteiger partial charge in [0.2, 0.25) is 0 Å². The average Bonchev–Trinajstić information content (AvgIpc) is 1.97. The molecule has 0 aromatic carbocycles. The summed E-state index contributed by atoms with van der Waals surface area (Å²) in [6.07, 6.45) is -2.60. The van der Waals surface area contributed by atoms with Gasteiger partial charge in [-0.1, -0.05) is 0 Å². The second kappa shape index (κ2) is 2.00. The third kappa shape index (κ3) is 0.847. The zero-order valence-electron chi connectivity index (χ0n) is 8.24. The number of carboxylic acids is 1. The van der Waals surface area contributed by atoms with Crippen molar-refractivity contribution in [1.82, 2.24) is 5.01 Å². The Morgan fingerprint density at radius 1 is 2.00 bits per heavy atom. The monoisotopic (exact) mass is 134 g/mol. The van der Waals surface area contributed by atoms with E-state index in [4.69, 9.17) is 10.6 Å². The minimum Gasteiger partial charge on any atom is -0.480 e. The number of hydrogen-bond donors (Lipinski definition) is 1. The van der Waals surface area contributed by atoms with Crippen LogP contribution < -0.4 is 0 Å². The van der Waals surface area contributed by atoms with Crippen molar-refractivity contribution in [2.75, 3.05) is 6.50 Å². The van der Waals surface area contributed by atoms with Gasteiger partial charge < -0.3 is 5.11 Å². The van der Waals surface area contributed by atoms with Gasteiger partial charge in [0.05, 0.1) is 8.03 Å². The summed E-state index contributed by atoms with van der Waals surface area (Å²) in [6, 6.07) is -1.85. The van der Waals surface area contributed by atoms with Crippen molar-refractivity contribution in [2.24, 2.45) is 5.29 Å². The standard InChI is InChI=1S/C4H6N2O3/c7-4(8)3-1-2-6(3)5-9/h3H,1-2H2,(H,7,8)/t3-/m1/s1/i1D2,2D2. The molecule has 0 bridgehead atoms. The second-order valence-corrected chi connectivity index (χ2v) is 1.42. The van der Waals surface area contributed by atoms with E-state index in [-0.39, 0.29) is 5.01 Å². The van der Waals surface area contributed by atoms with Crippen LogP contribution in [0.5, 0.6) is 0 Å². The lowest BCUT2D eigenvalue weighted by Gasteiger charge is -2.31. The molecule has 0 saturated carbocycles. The molecule has 0 aliphatic carbocycles. The maximum absolute atomic E-state index is 10.4. The van der Waals surface area contributed by atoms with Gasteiger partial charge in [-0.3, -0.25) is 0 Å². The normalized spacial score (nSPS) is 42.7. The highest BCUT2D eigenvalue weighted by molar-refractivity contribution is 5.74. The maximum atomic E-state index is 10.4. The first kappa shape index (κ1) is 2.64. The van der Waals surface area contributed by atoms with E-state index < -0.39 is 24.9 Å². The zero-order valence-corrected chi connectivity index (χ0v) is 4.24. The van der Waals surface area contributed by atoms with Crippen molar-refractivity contribution in [1.29, 1.82) is 0 Å². The lowest BCUT2D eigenvalue weighted by molar-refractivity contribution is -0.148. The molecule has 0 spiro atoms. The van der Waals surface area contributed by atoms with E-state index in [9.17, 15) is 9.70 Å². The number of carboxylic acid groups (broad SMARTS) is 1. The van der Waals surface area contributed by atoms with Crippen molar-refractivity contribution in [2.45, 2.75) is 12.4 Å². The number of aliphatic carboxylic acids is 1. The molecule has 9 heavy (non-hydrogen) atoms. The Hall–Kier alpha value is -1.13. The molecule has 0 amide bonds. The van der Waals surface area contributed by atoms with Crippen LogP contribution in [0.25, 0.3) is 0 Å². The number of nitroso groups, excluding NO2 is 1. The highest BCUT2D eigenvalue weighted by Crippen LogP contribution is 2.16. The Kier molecular flexibility index (Phi) is 0.587. The topological polar surface area (TPSA) is 70.0 Å². The molecule has 5 heteroatoms. The molecular weight excluding hydrogens is 124 g/mol. The largest absolute Gasteiger partial charge is 0.480 e. The van der Waals surface area contributed by atoms with Gasteiger partial charge in [0.15, 0.2) is 0 Å². The Labute approximate surface area is 56.8 Å². The summed E-state index contributed by atoms with van der Waals surface area (Å²) in [5, 5.41) is 10.7. The Balaban J connectivity index is 3.01. The molecule has 1 fully saturated rings. The average molecular weight is 134 g/mol. The molecule has 0 aromatic rings. The van der Waals surface area contributed by atoms with Crippen LogP contribution in [0, 0.1) is 4.91 Å². The van der Waals surface area contributed by atoms with E-state index in [0.717, 1.165) is 0 Å².